The van der Waals surface area contributed by atoms with Gasteiger partial charge in [-0.15, -0.1) is 22.9 Å². The van der Waals surface area contributed by atoms with E-state index in [9.17, 15) is 0 Å². The topological polar surface area (TPSA) is 0 Å². The molecule has 0 fully saturated rings. The van der Waals surface area contributed by atoms with Crippen molar-refractivity contribution in [3.8, 4) is 0 Å². The van der Waals surface area contributed by atoms with Crippen LogP contribution in [0.1, 0.15) is 5.56 Å². The maximum absolute atomic E-state index is 6.07. The molecule has 0 atom stereocenters. The molecular weight excluding hydrogens is 338 g/mol. The molecular formula is C9H5Cl2IS. The summed E-state index contributed by atoms with van der Waals surface area (Å²) in [4.78, 5) is 0. The second-order valence-corrected chi connectivity index (χ2v) is 5.30. The third-order valence-corrected chi connectivity index (χ3v) is 4.90. The number of thiophene rings is 1. The van der Waals surface area contributed by atoms with Crippen molar-refractivity contribution in [2.24, 2.45) is 0 Å². The summed E-state index contributed by atoms with van der Waals surface area (Å²) < 4.78 is 2.37. The molecule has 68 valence electrons. The molecule has 0 aliphatic rings. The lowest BCUT2D eigenvalue weighted by Crippen LogP contribution is -1.82. The van der Waals surface area contributed by atoms with Crippen molar-refractivity contribution in [1.82, 2.24) is 0 Å². The Bertz CT molecular complexity index is 450. The van der Waals surface area contributed by atoms with Gasteiger partial charge in [0.25, 0.3) is 0 Å². The number of alkyl halides is 1. The number of halogens is 3. The van der Waals surface area contributed by atoms with Crippen LogP contribution >= 0.6 is 57.1 Å². The van der Waals surface area contributed by atoms with Gasteiger partial charge >= 0.3 is 0 Å². The van der Waals surface area contributed by atoms with Gasteiger partial charge in [-0.05, 0) is 45.7 Å². The van der Waals surface area contributed by atoms with Crippen LogP contribution in [0, 0.1) is 3.57 Å². The molecule has 0 aliphatic carbocycles. The third-order valence-electron chi connectivity index (χ3n) is 1.85. The number of fused-ring (bicyclic) bond motifs is 1. The molecule has 0 spiro atoms. The smallest absolute Gasteiger partial charge is 0.0549 e. The maximum atomic E-state index is 6.07. The van der Waals surface area contributed by atoms with E-state index in [0.29, 0.717) is 5.88 Å². The Balaban J connectivity index is 2.87. The third kappa shape index (κ3) is 1.69. The van der Waals surface area contributed by atoms with Crippen LogP contribution in [0.3, 0.4) is 0 Å². The molecule has 2 aromatic rings. The Kier molecular flexibility index (Phi) is 3.03. The van der Waals surface area contributed by atoms with Crippen molar-refractivity contribution in [1.29, 1.82) is 0 Å². The molecule has 1 aromatic heterocycles. The molecule has 0 amide bonds. The fourth-order valence-electron chi connectivity index (χ4n) is 1.24. The molecule has 0 unspecified atom stereocenters. The van der Waals surface area contributed by atoms with E-state index >= 15 is 0 Å². The van der Waals surface area contributed by atoms with Crippen molar-refractivity contribution in [2.75, 3.05) is 0 Å². The van der Waals surface area contributed by atoms with Gasteiger partial charge < -0.3 is 0 Å². The van der Waals surface area contributed by atoms with Gasteiger partial charge in [-0.2, -0.15) is 0 Å². The second-order valence-electron chi connectivity index (χ2n) is 2.63. The highest BCUT2D eigenvalue weighted by Gasteiger charge is 2.08. The number of hydrogen-bond acceptors (Lipinski definition) is 1. The zero-order chi connectivity index (χ0) is 9.42. The van der Waals surface area contributed by atoms with Crippen LogP contribution in [0.4, 0.5) is 0 Å². The first kappa shape index (κ1) is 10.0. The van der Waals surface area contributed by atoms with Gasteiger partial charge in [-0.1, -0.05) is 11.6 Å². The van der Waals surface area contributed by atoms with Crippen LogP contribution in [0.25, 0.3) is 10.1 Å². The highest BCUT2D eigenvalue weighted by molar-refractivity contribution is 14.1. The molecule has 2 rings (SSSR count). The number of benzene rings is 1. The van der Waals surface area contributed by atoms with E-state index in [4.69, 9.17) is 23.2 Å². The first-order chi connectivity index (χ1) is 6.24. The van der Waals surface area contributed by atoms with Gasteiger partial charge in [0.1, 0.15) is 0 Å². The van der Waals surface area contributed by atoms with E-state index in [0.717, 1.165) is 14.2 Å². The quantitative estimate of drug-likeness (QED) is 0.511. The maximum Gasteiger partial charge on any atom is 0.0549 e. The minimum Gasteiger partial charge on any atom is -0.143 e. The van der Waals surface area contributed by atoms with Gasteiger partial charge in [-0.3, -0.25) is 0 Å². The van der Waals surface area contributed by atoms with E-state index in [1.54, 1.807) is 11.3 Å². The largest absolute Gasteiger partial charge is 0.143 e. The van der Waals surface area contributed by atoms with Crippen LogP contribution in [-0.4, -0.2) is 0 Å². The number of hydrogen-bond donors (Lipinski definition) is 0. The molecule has 0 saturated heterocycles. The van der Waals surface area contributed by atoms with E-state index in [1.807, 2.05) is 6.07 Å². The molecule has 13 heavy (non-hydrogen) atoms. The molecule has 0 radical (unpaired) electrons. The Morgan fingerprint density at radius 3 is 2.92 bits per heavy atom. The van der Waals surface area contributed by atoms with E-state index in [2.05, 4.69) is 34.0 Å². The summed E-state index contributed by atoms with van der Waals surface area (Å²) in [6.07, 6.45) is 0. The first-order valence-electron chi connectivity index (χ1n) is 3.64. The molecule has 1 heterocycles. The summed E-state index contributed by atoms with van der Waals surface area (Å²) in [7, 11) is 0. The summed E-state index contributed by atoms with van der Waals surface area (Å²) in [6, 6.07) is 4.04. The van der Waals surface area contributed by atoms with Gasteiger partial charge in [-0.25, -0.2) is 0 Å². The summed E-state index contributed by atoms with van der Waals surface area (Å²) >= 11 is 15.9. The van der Waals surface area contributed by atoms with Gasteiger partial charge in [0, 0.05) is 19.5 Å². The standard InChI is InChI=1S/C9H5Cl2IS/c10-4-5-3-7(11)8(12)6-1-2-13-9(5)6/h1-3H,4H2. The second kappa shape index (κ2) is 3.93. The minimum absolute atomic E-state index is 0.521. The highest BCUT2D eigenvalue weighted by atomic mass is 127. The summed E-state index contributed by atoms with van der Waals surface area (Å²) in [5.74, 6) is 0.521. The molecule has 0 saturated carbocycles. The molecule has 0 aliphatic heterocycles. The van der Waals surface area contributed by atoms with Crippen LogP contribution in [-0.2, 0) is 5.88 Å². The van der Waals surface area contributed by atoms with Crippen molar-refractivity contribution < 1.29 is 0 Å². The van der Waals surface area contributed by atoms with E-state index < -0.39 is 0 Å². The zero-order valence-corrected chi connectivity index (χ0v) is 11.0. The van der Waals surface area contributed by atoms with E-state index in [1.165, 1.54) is 10.1 Å². The summed E-state index contributed by atoms with van der Waals surface area (Å²) in [6.45, 7) is 0. The van der Waals surface area contributed by atoms with Gasteiger partial charge in [0.15, 0.2) is 0 Å². The average Bonchev–Trinajstić information content (AvgIpc) is 2.60. The van der Waals surface area contributed by atoms with Crippen molar-refractivity contribution in [3.05, 3.63) is 31.7 Å². The monoisotopic (exact) mass is 342 g/mol. The lowest BCUT2D eigenvalue weighted by atomic mass is 10.2. The molecule has 1 aromatic carbocycles. The SMILES string of the molecule is ClCc1cc(Cl)c(I)c2ccsc12. The Morgan fingerprint density at radius 1 is 1.46 bits per heavy atom. The number of rotatable bonds is 1. The fourth-order valence-corrected chi connectivity index (χ4v) is 3.47. The minimum atomic E-state index is 0.521. The predicted molar refractivity (Wildman–Crippen MR) is 69.1 cm³/mol. The van der Waals surface area contributed by atoms with Crippen LogP contribution in [0.2, 0.25) is 5.02 Å². The summed E-state index contributed by atoms with van der Waals surface area (Å²) in [5.41, 5.74) is 1.12. The normalized spacial score (nSPS) is 11.0. The predicted octanol–water partition coefficient (Wildman–Crippen LogP) is 4.90. The van der Waals surface area contributed by atoms with Crippen molar-refractivity contribution in [3.63, 3.8) is 0 Å². The lowest BCUT2D eigenvalue weighted by Gasteiger charge is -2.02. The lowest BCUT2D eigenvalue weighted by molar-refractivity contribution is 1.46. The van der Waals surface area contributed by atoms with Crippen LogP contribution in [0.5, 0.6) is 0 Å². The zero-order valence-electron chi connectivity index (χ0n) is 6.48. The van der Waals surface area contributed by atoms with Crippen molar-refractivity contribution >= 4 is 67.2 Å². The Morgan fingerprint density at radius 2 is 2.23 bits per heavy atom. The summed E-state index contributed by atoms with van der Waals surface area (Å²) in [5, 5.41) is 4.08. The molecule has 0 bridgehead atoms. The Labute approximate surface area is 104 Å². The molecule has 0 nitrogen and oxygen atoms in total. The van der Waals surface area contributed by atoms with Gasteiger partial charge in [0.2, 0.25) is 0 Å². The van der Waals surface area contributed by atoms with E-state index in [-0.39, 0.29) is 0 Å². The highest BCUT2D eigenvalue weighted by Crippen LogP contribution is 2.34. The van der Waals surface area contributed by atoms with Crippen LogP contribution < -0.4 is 0 Å². The molecule has 0 N–H and O–H groups in total. The van der Waals surface area contributed by atoms with Crippen molar-refractivity contribution in [2.45, 2.75) is 5.88 Å². The average molecular weight is 343 g/mol. The fraction of sp³-hybridized carbons (Fsp3) is 0.111. The first-order valence-corrected chi connectivity index (χ1v) is 6.51. The molecule has 4 heteroatoms. The van der Waals surface area contributed by atoms with Crippen LogP contribution in [0.15, 0.2) is 17.5 Å². The Hall–Kier alpha value is 0.490. The van der Waals surface area contributed by atoms with Gasteiger partial charge in [0.05, 0.1) is 5.02 Å².